The lowest BCUT2D eigenvalue weighted by Gasteiger charge is -2.42. The molecule has 58 heavy (non-hydrogen) atoms. The number of carbonyl (C=O) groups is 3. The van der Waals surface area contributed by atoms with Gasteiger partial charge in [-0.3, -0.25) is 14.5 Å². The van der Waals surface area contributed by atoms with E-state index >= 15 is 8.78 Å². The Morgan fingerprint density at radius 3 is 2.34 bits per heavy atom. The minimum Gasteiger partial charge on any atom is -0.444 e. The third-order valence-corrected chi connectivity index (χ3v) is 12.5. The maximum atomic E-state index is 16.5. The summed E-state index contributed by atoms with van der Waals surface area (Å²) in [6.45, 7) is 9.91. The molecule has 3 aromatic carbocycles. The number of carbonyl (C=O) groups excluding carboxylic acids is 3. The van der Waals surface area contributed by atoms with Gasteiger partial charge in [0, 0.05) is 29.3 Å². The highest BCUT2D eigenvalue weighted by Crippen LogP contribution is 2.53. The Balaban J connectivity index is 0.973. The van der Waals surface area contributed by atoms with Crippen LogP contribution in [0.5, 0.6) is 0 Å². The van der Waals surface area contributed by atoms with Crippen LogP contribution in [-0.2, 0) is 20.2 Å². The van der Waals surface area contributed by atoms with Crippen molar-refractivity contribution in [1.82, 2.24) is 35.1 Å². The number of fused-ring (bicyclic) bond motifs is 6. The zero-order chi connectivity index (χ0) is 40.7. The largest absolute Gasteiger partial charge is 0.444 e. The molecule has 2 aliphatic heterocycles. The first-order valence-corrected chi connectivity index (χ1v) is 20.4. The number of hydrogen-bond donors (Lipinski definition) is 3. The fourth-order valence-corrected chi connectivity index (χ4v) is 9.74. The summed E-state index contributed by atoms with van der Waals surface area (Å²) in [5.74, 6) is -1.61. The molecular weight excluding hydrogens is 741 g/mol. The van der Waals surface area contributed by atoms with E-state index in [2.05, 4.69) is 20.3 Å². The number of nitrogens with zero attached hydrogens (tertiary/aromatic N) is 4. The lowest BCUT2D eigenvalue weighted by molar-refractivity contribution is -0.143. The number of aromatic nitrogens is 4. The smallest absolute Gasteiger partial charge is 0.410 e. The van der Waals surface area contributed by atoms with Gasteiger partial charge in [0.1, 0.15) is 23.3 Å². The molecule has 3 N–H and O–H groups in total. The number of likely N-dealkylation sites (tertiary alicyclic amines) is 2. The van der Waals surface area contributed by atoms with Crippen molar-refractivity contribution >= 4 is 29.4 Å². The van der Waals surface area contributed by atoms with E-state index in [0.29, 0.717) is 58.5 Å². The molecule has 13 heteroatoms. The molecule has 3 fully saturated rings. The Morgan fingerprint density at radius 1 is 0.914 bits per heavy atom. The minimum atomic E-state index is -3.24. The second-order valence-corrected chi connectivity index (χ2v) is 17.8. The Hall–Kier alpha value is -5.59. The molecule has 2 saturated heterocycles. The van der Waals surface area contributed by atoms with Crippen LogP contribution in [0.2, 0.25) is 0 Å². The van der Waals surface area contributed by atoms with Crippen molar-refractivity contribution in [3.05, 3.63) is 83.6 Å². The number of alkyl halides is 2. The van der Waals surface area contributed by atoms with Crippen molar-refractivity contribution in [3.8, 4) is 33.5 Å². The van der Waals surface area contributed by atoms with Gasteiger partial charge in [-0.15, -0.1) is 0 Å². The normalized spacial score (nSPS) is 22.6. The zero-order valence-electron chi connectivity index (χ0n) is 33.4. The lowest BCUT2D eigenvalue weighted by Crippen LogP contribution is -2.54. The van der Waals surface area contributed by atoms with Gasteiger partial charge in [-0.05, 0) is 118 Å². The first kappa shape index (κ1) is 38.0. The first-order chi connectivity index (χ1) is 27.7. The summed E-state index contributed by atoms with van der Waals surface area (Å²) in [4.78, 5) is 58.3. The molecule has 0 radical (unpaired) electrons. The number of amides is 3. The molecule has 5 atom stereocenters. The van der Waals surface area contributed by atoms with Gasteiger partial charge in [0.15, 0.2) is 0 Å². The zero-order valence-corrected chi connectivity index (χ0v) is 33.4. The van der Waals surface area contributed by atoms with Gasteiger partial charge >= 0.3 is 6.09 Å². The molecule has 2 bridgehead atoms. The summed E-state index contributed by atoms with van der Waals surface area (Å²) in [6.07, 6.45) is 7.10. The van der Waals surface area contributed by atoms with Gasteiger partial charge in [-0.2, -0.15) is 8.78 Å². The number of imidazole rings is 2. The van der Waals surface area contributed by atoms with Crippen LogP contribution in [0.1, 0.15) is 108 Å². The van der Waals surface area contributed by atoms with Crippen LogP contribution in [0.4, 0.5) is 13.6 Å². The topological polar surface area (TPSA) is 136 Å². The van der Waals surface area contributed by atoms with Gasteiger partial charge in [0.2, 0.25) is 12.3 Å². The van der Waals surface area contributed by atoms with Crippen molar-refractivity contribution in [2.45, 2.75) is 109 Å². The van der Waals surface area contributed by atoms with E-state index in [1.807, 2.05) is 69.9 Å². The van der Waals surface area contributed by atoms with E-state index in [9.17, 15) is 14.4 Å². The van der Waals surface area contributed by atoms with E-state index in [1.165, 1.54) is 6.07 Å². The molecule has 4 heterocycles. The van der Waals surface area contributed by atoms with Crippen molar-refractivity contribution in [3.63, 3.8) is 0 Å². The van der Waals surface area contributed by atoms with Crippen LogP contribution in [-0.4, -0.2) is 72.4 Å². The highest BCUT2D eigenvalue weighted by molar-refractivity contribution is 5.88. The summed E-state index contributed by atoms with van der Waals surface area (Å²) in [6, 6.07) is 15.0. The molecule has 11 nitrogen and oxygen atoms in total. The monoisotopic (exact) mass is 789 g/mol. The molecule has 0 spiro atoms. The van der Waals surface area contributed by atoms with E-state index < -0.39 is 23.7 Å². The van der Waals surface area contributed by atoms with E-state index in [0.717, 1.165) is 55.1 Å². The number of halogens is 2. The maximum absolute atomic E-state index is 16.5. The number of benzene rings is 3. The van der Waals surface area contributed by atoms with Gasteiger partial charge < -0.3 is 24.9 Å². The van der Waals surface area contributed by atoms with Crippen LogP contribution in [0.15, 0.2) is 60.8 Å². The molecule has 302 valence electrons. The van der Waals surface area contributed by atoms with Crippen LogP contribution < -0.4 is 5.32 Å². The van der Waals surface area contributed by atoms with E-state index in [1.54, 1.807) is 29.3 Å². The molecule has 4 aliphatic rings. The third kappa shape index (κ3) is 6.52. The number of nitrogens with one attached hydrogen (secondary N) is 3. The van der Waals surface area contributed by atoms with E-state index in [-0.39, 0.29) is 41.1 Å². The average molecular weight is 790 g/mol. The first-order valence-electron chi connectivity index (χ1n) is 20.4. The second-order valence-electron chi connectivity index (χ2n) is 17.8. The highest BCUT2D eigenvalue weighted by atomic mass is 19.3. The summed E-state index contributed by atoms with van der Waals surface area (Å²) in [5.41, 5.74) is 4.32. The van der Waals surface area contributed by atoms with Gasteiger partial charge in [0.25, 0.3) is 5.92 Å². The standard InChI is InChI=1S/C45H49F2N7O4/c1-24(2)39(49-23-55)42(56)54-29-12-8-25(17-29)18-38(54)41-50-34-15-11-27(21-35(34)51-41)26-9-13-30-31-14-10-28(20-33(31)45(46,47)32(30)19-26)36-22-48-40(52-36)37-7-6-16-53(37)43(57)58-44(3,4)5/h9-11,13-15,19-25,29,37-39H,6-8,12,16-18H2,1-5H3,(H,48,52)(H,49,55)(H,50,51). The van der Waals surface area contributed by atoms with Crippen molar-refractivity contribution in [2.24, 2.45) is 11.8 Å². The number of ether oxygens (including phenoxy) is 1. The summed E-state index contributed by atoms with van der Waals surface area (Å²) in [5, 5.41) is 2.75. The fourth-order valence-electron chi connectivity index (χ4n) is 9.74. The van der Waals surface area contributed by atoms with Gasteiger partial charge in [-0.25, -0.2) is 14.8 Å². The molecule has 9 rings (SSSR count). The van der Waals surface area contributed by atoms with Crippen molar-refractivity contribution in [2.75, 3.05) is 6.54 Å². The molecule has 5 unspecified atom stereocenters. The number of rotatable bonds is 8. The average Bonchev–Trinajstić information content (AvgIpc) is 4.03. The van der Waals surface area contributed by atoms with Crippen LogP contribution in [0, 0.1) is 11.8 Å². The predicted molar refractivity (Wildman–Crippen MR) is 216 cm³/mol. The number of piperidine rings is 1. The van der Waals surface area contributed by atoms with Gasteiger partial charge in [-0.1, -0.05) is 44.2 Å². The quantitative estimate of drug-likeness (QED) is 0.134. The predicted octanol–water partition coefficient (Wildman–Crippen LogP) is 9.03. The summed E-state index contributed by atoms with van der Waals surface area (Å²) in [7, 11) is 0. The maximum Gasteiger partial charge on any atom is 0.410 e. The summed E-state index contributed by atoms with van der Waals surface area (Å²) >= 11 is 0. The molecule has 2 aliphatic carbocycles. The molecular formula is C45H49F2N7O4. The molecule has 5 aromatic rings. The number of H-pyrrole nitrogens is 2. The molecule has 2 aromatic heterocycles. The van der Waals surface area contributed by atoms with Crippen LogP contribution in [0.25, 0.3) is 44.5 Å². The number of hydrogen-bond acceptors (Lipinski definition) is 6. The third-order valence-electron chi connectivity index (χ3n) is 12.5. The molecule has 3 amide bonds. The Kier molecular flexibility index (Phi) is 9.20. The van der Waals surface area contributed by atoms with Crippen LogP contribution in [0.3, 0.4) is 0 Å². The Labute approximate surface area is 336 Å². The van der Waals surface area contributed by atoms with Crippen molar-refractivity contribution in [1.29, 1.82) is 0 Å². The fraction of sp³-hybridized carbons (Fsp3) is 0.444. The second kappa shape index (κ2) is 14.1. The SMILES string of the molecule is CC(C)C(NC=O)C(=O)N1C2CCC(C2)CC1c1nc2ccc(-c3ccc4c(c3)C(F)(F)c3cc(-c5cnc(C6CCCN6C(=O)OC(C)(C)C)[nH]5)ccc3-4)cc2[nH]1. The van der Waals surface area contributed by atoms with Crippen molar-refractivity contribution < 1.29 is 27.9 Å². The highest BCUT2D eigenvalue weighted by Gasteiger charge is 2.47. The number of aromatic amines is 2. The Bertz CT molecular complexity index is 2430. The summed E-state index contributed by atoms with van der Waals surface area (Å²) < 4.78 is 38.6. The van der Waals surface area contributed by atoms with Crippen LogP contribution >= 0.6 is 0 Å². The van der Waals surface area contributed by atoms with E-state index in [4.69, 9.17) is 9.72 Å². The minimum absolute atomic E-state index is 0.0534. The Morgan fingerprint density at radius 2 is 1.62 bits per heavy atom. The lowest BCUT2D eigenvalue weighted by atomic mass is 9.90. The van der Waals surface area contributed by atoms with Gasteiger partial charge in [0.05, 0.1) is 35.0 Å². The molecule has 1 saturated carbocycles.